The molecule has 2 rings (SSSR count). The molecule has 0 aliphatic heterocycles. The summed E-state index contributed by atoms with van der Waals surface area (Å²) in [7, 11) is 3.11. The zero-order valence-corrected chi connectivity index (χ0v) is 12.3. The van der Waals surface area contributed by atoms with Crippen LogP contribution in [0.1, 0.15) is 22.8 Å². The molecule has 0 bridgehead atoms. The highest BCUT2D eigenvalue weighted by Gasteiger charge is 2.14. The van der Waals surface area contributed by atoms with Gasteiger partial charge in [-0.2, -0.15) is 0 Å². The quantitative estimate of drug-likeness (QED) is 0.827. The molecular formula is C16H18N2O3. The zero-order chi connectivity index (χ0) is 15.2. The number of carbonyl (C=O) groups is 1. The van der Waals surface area contributed by atoms with Crippen LogP contribution in [0.2, 0.25) is 0 Å². The Morgan fingerprint density at radius 3 is 2.52 bits per heavy atom. The molecule has 0 fully saturated rings. The van der Waals surface area contributed by atoms with Gasteiger partial charge in [-0.05, 0) is 24.6 Å². The SMILES string of the molecule is COc1cc(NCc2cccnc2)c(C(C)=O)cc1OC. The summed E-state index contributed by atoms with van der Waals surface area (Å²) in [5.41, 5.74) is 2.31. The normalized spacial score (nSPS) is 10.0. The standard InChI is InChI=1S/C16H18N2O3/c1-11(19)13-7-15(20-2)16(21-3)8-14(13)18-10-12-5-4-6-17-9-12/h4-9,18H,10H2,1-3H3. The van der Waals surface area contributed by atoms with Crippen molar-refractivity contribution < 1.29 is 14.3 Å². The van der Waals surface area contributed by atoms with E-state index in [1.165, 1.54) is 6.92 Å². The zero-order valence-electron chi connectivity index (χ0n) is 12.3. The minimum Gasteiger partial charge on any atom is -0.493 e. The molecule has 0 radical (unpaired) electrons. The van der Waals surface area contributed by atoms with E-state index >= 15 is 0 Å². The smallest absolute Gasteiger partial charge is 0.162 e. The number of Topliss-reactive ketones (excluding diaryl/α,β-unsaturated/α-hetero) is 1. The minimum absolute atomic E-state index is 0.0374. The summed E-state index contributed by atoms with van der Waals surface area (Å²) in [6, 6.07) is 7.30. The van der Waals surface area contributed by atoms with E-state index in [2.05, 4.69) is 10.3 Å². The third-order valence-electron chi connectivity index (χ3n) is 3.11. The Morgan fingerprint density at radius 1 is 1.24 bits per heavy atom. The van der Waals surface area contributed by atoms with Gasteiger partial charge in [-0.15, -0.1) is 0 Å². The first-order valence-electron chi connectivity index (χ1n) is 6.55. The van der Waals surface area contributed by atoms with Gasteiger partial charge in [0, 0.05) is 36.3 Å². The summed E-state index contributed by atoms with van der Waals surface area (Å²) >= 11 is 0. The van der Waals surface area contributed by atoms with Gasteiger partial charge in [0.1, 0.15) is 0 Å². The van der Waals surface area contributed by atoms with Crippen LogP contribution in [0.25, 0.3) is 0 Å². The number of nitrogens with zero attached hydrogens (tertiary/aromatic N) is 1. The van der Waals surface area contributed by atoms with Gasteiger partial charge >= 0.3 is 0 Å². The van der Waals surface area contributed by atoms with Crippen LogP contribution < -0.4 is 14.8 Å². The van der Waals surface area contributed by atoms with E-state index in [4.69, 9.17) is 9.47 Å². The summed E-state index contributed by atoms with van der Waals surface area (Å²) in [5, 5.41) is 3.24. The van der Waals surface area contributed by atoms with Crippen LogP contribution >= 0.6 is 0 Å². The Hall–Kier alpha value is -2.56. The van der Waals surface area contributed by atoms with Crippen molar-refractivity contribution in [1.29, 1.82) is 0 Å². The second-order valence-electron chi connectivity index (χ2n) is 4.52. The van der Waals surface area contributed by atoms with Gasteiger partial charge in [-0.3, -0.25) is 9.78 Å². The van der Waals surface area contributed by atoms with E-state index in [-0.39, 0.29) is 5.78 Å². The lowest BCUT2D eigenvalue weighted by atomic mass is 10.1. The van der Waals surface area contributed by atoms with Crippen molar-refractivity contribution in [1.82, 2.24) is 4.98 Å². The molecule has 5 nitrogen and oxygen atoms in total. The highest BCUT2D eigenvalue weighted by atomic mass is 16.5. The summed E-state index contributed by atoms with van der Waals surface area (Å²) in [6.45, 7) is 2.10. The molecule has 1 aromatic heterocycles. The van der Waals surface area contributed by atoms with Crippen LogP contribution in [0.3, 0.4) is 0 Å². The topological polar surface area (TPSA) is 60.5 Å². The Bertz CT molecular complexity index is 627. The number of ketones is 1. The molecule has 21 heavy (non-hydrogen) atoms. The van der Waals surface area contributed by atoms with Gasteiger partial charge in [0.2, 0.25) is 0 Å². The fourth-order valence-corrected chi connectivity index (χ4v) is 2.02. The number of hydrogen-bond acceptors (Lipinski definition) is 5. The number of aromatic nitrogens is 1. The number of anilines is 1. The third-order valence-corrected chi connectivity index (χ3v) is 3.11. The predicted octanol–water partition coefficient (Wildman–Crippen LogP) is 2.91. The first-order valence-corrected chi connectivity index (χ1v) is 6.55. The first-order chi connectivity index (χ1) is 10.2. The summed E-state index contributed by atoms with van der Waals surface area (Å²) < 4.78 is 10.5. The highest BCUT2D eigenvalue weighted by molar-refractivity contribution is 6.00. The largest absolute Gasteiger partial charge is 0.493 e. The van der Waals surface area contributed by atoms with Gasteiger partial charge in [-0.25, -0.2) is 0 Å². The lowest BCUT2D eigenvalue weighted by molar-refractivity contribution is 0.101. The lowest BCUT2D eigenvalue weighted by Gasteiger charge is -2.15. The number of carbonyl (C=O) groups excluding carboxylic acids is 1. The average molecular weight is 286 g/mol. The minimum atomic E-state index is -0.0374. The maximum absolute atomic E-state index is 11.8. The van der Waals surface area contributed by atoms with Crippen molar-refractivity contribution in [3.63, 3.8) is 0 Å². The molecule has 0 saturated heterocycles. The molecule has 1 N–H and O–H groups in total. The predicted molar refractivity (Wildman–Crippen MR) is 81.1 cm³/mol. The number of methoxy groups -OCH3 is 2. The molecule has 0 unspecified atom stereocenters. The average Bonchev–Trinajstić information content (AvgIpc) is 2.52. The van der Waals surface area contributed by atoms with E-state index in [0.29, 0.717) is 29.3 Å². The third kappa shape index (κ3) is 3.51. The lowest BCUT2D eigenvalue weighted by Crippen LogP contribution is -2.06. The van der Waals surface area contributed by atoms with Gasteiger partial charge in [-0.1, -0.05) is 6.07 Å². The summed E-state index contributed by atoms with van der Waals surface area (Å²) in [6.07, 6.45) is 3.50. The van der Waals surface area contributed by atoms with E-state index in [0.717, 1.165) is 5.56 Å². The van der Waals surface area contributed by atoms with Crippen molar-refractivity contribution in [3.8, 4) is 11.5 Å². The highest BCUT2D eigenvalue weighted by Crippen LogP contribution is 2.33. The fraction of sp³-hybridized carbons (Fsp3) is 0.250. The Kier molecular flexibility index (Phi) is 4.77. The van der Waals surface area contributed by atoms with Gasteiger partial charge in [0.05, 0.1) is 14.2 Å². The van der Waals surface area contributed by atoms with Crippen molar-refractivity contribution in [2.75, 3.05) is 19.5 Å². The second-order valence-corrected chi connectivity index (χ2v) is 4.52. The van der Waals surface area contributed by atoms with E-state index in [1.807, 2.05) is 12.1 Å². The van der Waals surface area contributed by atoms with Crippen LogP contribution in [0, 0.1) is 0 Å². The van der Waals surface area contributed by atoms with Crippen LogP contribution in [-0.2, 0) is 6.54 Å². The maximum atomic E-state index is 11.8. The Morgan fingerprint density at radius 2 is 1.95 bits per heavy atom. The van der Waals surface area contributed by atoms with Crippen LogP contribution in [0.15, 0.2) is 36.7 Å². The monoisotopic (exact) mass is 286 g/mol. The van der Waals surface area contributed by atoms with Gasteiger partial charge in [0.25, 0.3) is 0 Å². The molecule has 0 aliphatic carbocycles. The Labute approximate surface area is 123 Å². The van der Waals surface area contributed by atoms with Crippen LogP contribution in [0.5, 0.6) is 11.5 Å². The summed E-state index contributed by atoms with van der Waals surface area (Å²) in [4.78, 5) is 15.9. The first kappa shape index (κ1) is 14.8. The molecule has 0 spiro atoms. The van der Waals surface area contributed by atoms with E-state index < -0.39 is 0 Å². The number of pyridine rings is 1. The van der Waals surface area contributed by atoms with Crippen LogP contribution in [-0.4, -0.2) is 25.0 Å². The van der Waals surface area contributed by atoms with Crippen molar-refractivity contribution in [2.24, 2.45) is 0 Å². The number of benzene rings is 1. The Balaban J connectivity index is 2.30. The second kappa shape index (κ2) is 6.74. The molecular weight excluding hydrogens is 268 g/mol. The molecule has 5 heteroatoms. The maximum Gasteiger partial charge on any atom is 0.162 e. The van der Waals surface area contributed by atoms with E-state index in [1.54, 1.807) is 38.7 Å². The molecule has 0 atom stereocenters. The van der Waals surface area contributed by atoms with Gasteiger partial charge < -0.3 is 14.8 Å². The number of ether oxygens (including phenoxy) is 2. The van der Waals surface area contributed by atoms with Crippen molar-refractivity contribution in [3.05, 3.63) is 47.8 Å². The van der Waals surface area contributed by atoms with Crippen molar-refractivity contribution in [2.45, 2.75) is 13.5 Å². The van der Waals surface area contributed by atoms with Gasteiger partial charge in [0.15, 0.2) is 17.3 Å². The molecule has 0 aliphatic rings. The number of rotatable bonds is 6. The van der Waals surface area contributed by atoms with E-state index in [9.17, 15) is 4.79 Å². The molecule has 110 valence electrons. The molecule has 2 aromatic rings. The van der Waals surface area contributed by atoms with Crippen LogP contribution in [0.4, 0.5) is 5.69 Å². The molecule has 0 saturated carbocycles. The fourth-order valence-electron chi connectivity index (χ4n) is 2.02. The summed E-state index contributed by atoms with van der Waals surface area (Å²) in [5.74, 6) is 1.08. The number of nitrogens with one attached hydrogen (secondary N) is 1. The number of hydrogen-bond donors (Lipinski definition) is 1. The molecule has 1 aromatic carbocycles. The van der Waals surface area contributed by atoms with Crippen molar-refractivity contribution >= 4 is 11.5 Å². The molecule has 1 heterocycles. The molecule has 0 amide bonds.